The van der Waals surface area contributed by atoms with Crippen LogP contribution in [0.3, 0.4) is 0 Å². The van der Waals surface area contributed by atoms with Gasteiger partial charge in [-0.2, -0.15) is 0 Å². The van der Waals surface area contributed by atoms with Crippen LogP contribution in [0.1, 0.15) is 11.1 Å². The van der Waals surface area contributed by atoms with Crippen LogP contribution >= 0.6 is 11.3 Å². The Balaban J connectivity index is 1.76. The highest BCUT2D eigenvalue weighted by molar-refractivity contribution is 7.17. The average molecular weight is 282 g/mol. The highest BCUT2D eigenvalue weighted by Gasteiger charge is 2.20. The number of anilines is 2. The Kier molecular flexibility index (Phi) is 2.60. The molecule has 0 saturated heterocycles. The first-order valence-corrected chi connectivity index (χ1v) is 7.49. The molecule has 2 N–H and O–H groups in total. The molecule has 3 aromatic rings. The fourth-order valence-electron chi connectivity index (χ4n) is 2.76. The van der Waals surface area contributed by atoms with Crippen molar-refractivity contribution < 1.29 is 0 Å². The van der Waals surface area contributed by atoms with Gasteiger partial charge < -0.3 is 10.6 Å². The van der Waals surface area contributed by atoms with Crippen molar-refractivity contribution in [2.45, 2.75) is 13.0 Å². The number of thiophene rings is 1. The highest BCUT2D eigenvalue weighted by Crippen LogP contribution is 2.31. The largest absolute Gasteiger partial charge is 0.399 e. The smallest absolute Gasteiger partial charge is 0.150 e. The van der Waals surface area contributed by atoms with E-state index in [4.69, 9.17) is 5.73 Å². The monoisotopic (exact) mass is 282 g/mol. The Morgan fingerprint density at radius 1 is 1.15 bits per heavy atom. The third-order valence-corrected chi connectivity index (χ3v) is 4.67. The fourth-order valence-corrected chi connectivity index (χ4v) is 3.62. The lowest BCUT2D eigenvalue weighted by Gasteiger charge is -2.30. The SMILES string of the molecule is Nc1ccc2c(c1)CN(c1ncnc3ccsc13)CC2. The molecule has 4 rings (SSSR count). The molecule has 4 nitrogen and oxygen atoms in total. The molecule has 0 spiro atoms. The molecule has 0 aliphatic carbocycles. The number of nitrogens with two attached hydrogens (primary N) is 1. The summed E-state index contributed by atoms with van der Waals surface area (Å²) in [6, 6.07) is 8.24. The van der Waals surface area contributed by atoms with Gasteiger partial charge in [0.15, 0.2) is 0 Å². The molecule has 2 aromatic heterocycles. The van der Waals surface area contributed by atoms with Crippen molar-refractivity contribution in [1.82, 2.24) is 9.97 Å². The van der Waals surface area contributed by atoms with Crippen LogP contribution in [0.15, 0.2) is 36.0 Å². The van der Waals surface area contributed by atoms with Crippen LogP contribution in [0.5, 0.6) is 0 Å². The van der Waals surface area contributed by atoms with E-state index in [0.29, 0.717) is 0 Å². The third-order valence-electron chi connectivity index (χ3n) is 3.77. The molecule has 0 saturated carbocycles. The maximum absolute atomic E-state index is 5.90. The first-order chi connectivity index (χ1) is 9.81. The summed E-state index contributed by atoms with van der Waals surface area (Å²) < 4.78 is 1.17. The van der Waals surface area contributed by atoms with Gasteiger partial charge in [-0.1, -0.05) is 6.07 Å². The molecule has 20 heavy (non-hydrogen) atoms. The molecule has 0 bridgehead atoms. The average Bonchev–Trinajstić information content (AvgIpc) is 2.94. The molecule has 0 unspecified atom stereocenters. The van der Waals surface area contributed by atoms with E-state index in [1.165, 1.54) is 15.8 Å². The molecule has 1 aliphatic heterocycles. The van der Waals surface area contributed by atoms with Gasteiger partial charge in [-0.3, -0.25) is 0 Å². The second kappa shape index (κ2) is 4.45. The molecule has 0 radical (unpaired) electrons. The summed E-state index contributed by atoms with van der Waals surface area (Å²) in [6.07, 6.45) is 2.69. The molecule has 100 valence electrons. The fraction of sp³-hybridized carbons (Fsp3) is 0.200. The standard InChI is InChI=1S/C15H14N4S/c16-12-2-1-10-3-5-19(8-11(10)7-12)15-14-13(4-6-20-14)17-9-18-15/h1-2,4,6-7,9H,3,5,8,16H2. The van der Waals surface area contributed by atoms with Crippen molar-refractivity contribution in [2.24, 2.45) is 0 Å². The van der Waals surface area contributed by atoms with Crippen molar-refractivity contribution in [3.63, 3.8) is 0 Å². The second-order valence-corrected chi connectivity index (χ2v) is 5.95. The Morgan fingerprint density at radius 3 is 3.05 bits per heavy atom. The number of benzene rings is 1. The van der Waals surface area contributed by atoms with Crippen LogP contribution in [-0.2, 0) is 13.0 Å². The minimum absolute atomic E-state index is 0.828. The number of nitrogen functional groups attached to an aromatic ring is 1. The van der Waals surface area contributed by atoms with Crippen LogP contribution < -0.4 is 10.6 Å². The molecule has 5 heteroatoms. The Morgan fingerprint density at radius 2 is 2.10 bits per heavy atom. The Labute approximate surface area is 120 Å². The molecule has 0 atom stereocenters. The number of hydrogen-bond acceptors (Lipinski definition) is 5. The van der Waals surface area contributed by atoms with E-state index in [2.05, 4.69) is 32.4 Å². The third kappa shape index (κ3) is 1.82. The lowest BCUT2D eigenvalue weighted by molar-refractivity contribution is 0.724. The number of rotatable bonds is 1. The summed E-state index contributed by atoms with van der Waals surface area (Å²) in [5.41, 5.74) is 10.5. The van der Waals surface area contributed by atoms with Gasteiger partial charge in [-0.15, -0.1) is 11.3 Å². The van der Waals surface area contributed by atoms with E-state index in [1.54, 1.807) is 17.7 Å². The van der Waals surface area contributed by atoms with Gasteiger partial charge in [-0.05, 0) is 41.1 Å². The highest BCUT2D eigenvalue weighted by atomic mass is 32.1. The quantitative estimate of drug-likeness (QED) is 0.697. The topological polar surface area (TPSA) is 55.0 Å². The van der Waals surface area contributed by atoms with Crippen LogP contribution in [0.4, 0.5) is 11.5 Å². The van der Waals surface area contributed by atoms with Crippen molar-refractivity contribution in [3.05, 3.63) is 47.1 Å². The Bertz CT molecular complexity index is 780. The zero-order valence-corrected chi connectivity index (χ0v) is 11.7. The zero-order chi connectivity index (χ0) is 13.5. The van der Waals surface area contributed by atoms with Gasteiger partial charge in [0.05, 0.1) is 10.2 Å². The van der Waals surface area contributed by atoms with E-state index >= 15 is 0 Å². The molecular formula is C15H14N4S. The summed E-state index contributed by atoms with van der Waals surface area (Å²) in [4.78, 5) is 11.1. The summed E-state index contributed by atoms with van der Waals surface area (Å²) in [5.74, 6) is 1.04. The van der Waals surface area contributed by atoms with Crippen molar-refractivity contribution in [3.8, 4) is 0 Å². The van der Waals surface area contributed by atoms with Gasteiger partial charge in [0.2, 0.25) is 0 Å². The van der Waals surface area contributed by atoms with Gasteiger partial charge in [0.1, 0.15) is 12.1 Å². The van der Waals surface area contributed by atoms with Gasteiger partial charge in [-0.25, -0.2) is 9.97 Å². The predicted octanol–water partition coefficient (Wildman–Crippen LogP) is 2.84. The molecule has 1 aliphatic rings. The maximum atomic E-state index is 5.90. The molecule has 1 aromatic carbocycles. The summed E-state index contributed by atoms with van der Waals surface area (Å²) in [7, 11) is 0. The first kappa shape index (κ1) is 11.7. The van der Waals surface area contributed by atoms with E-state index in [1.807, 2.05) is 12.1 Å². The van der Waals surface area contributed by atoms with Gasteiger partial charge in [0.25, 0.3) is 0 Å². The van der Waals surface area contributed by atoms with Crippen molar-refractivity contribution in [1.29, 1.82) is 0 Å². The van der Waals surface area contributed by atoms with Crippen molar-refractivity contribution >= 4 is 33.1 Å². The second-order valence-electron chi connectivity index (χ2n) is 5.03. The predicted molar refractivity (Wildman–Crippen MR) is 83.0 cm³/mol. The lowest BCUT2D eigenvalue weighted by Crippen LogP contribution is -2.31. The zero-order valence-electron chi connectivity index (χ0n) is 10.9. The summed E-state index contributed by atoms with van der Waals surface area (Å²) in [5, 5.41) is 2.07. The molecule has 3 heterocycles. The first-order valence-electron chi connectivity index (χ1n) is 6.62. The van der Waals surface area contributed by atoms with Crippen LogP contribution in [0, 0.1) is 0 Å². The van der Waals surface area contributed by atoms with E-state index < -0.39 is 0 Å². The van der Waals surface area contributed by atoms with Crippen LogP contribution in [-0.4, -0.2) is 16.5 Å². The van der Waals surface area contributed by atoms with Gasteiger partial charge >= 0.3 is 0 Å². The minimum Gasteiger partial charge on any atom is -0.399 e. The normalized spacial score (nSPS) is 14.5. The minimum atomic E-state index is 0.828. The van der Waals surface area contributed by atoms with E-state index in [-0.39, 0.29) is 0 Å². The number of fused-ring (bicyclic) bond motifs is 2. The molecular weight excluding hydrogens is 268 g/mol. The van der Waals surface area contributed by atoms with E-state index in [0.717, 1.165) is 36.5 Å². The van der Waals surface area contributed by atoms with Crippen LogP contribution in [0.25, 0.3) is 10.2 Å². The molecule has 0 amide bonds. The Hall–Kier alpha value is -2.14. The summed E-state index contributed by atoms with van der Waals surface area (Å²) in [6.45, 7) is 1.85. The van der Waals surface area contributed by atoms with Crippen molar-refractivity contribution in [2.75, 3.05) is 17.2 Å². The molecule has 0 fully saturated rings. The number of nitrogens with zero attached hydrogens (tertiary/aromatic N) is 3. The lowest BCUT2D eigenvalue weighted by atomic mass is 9.99. The van der Waals surface area contributed by atoms with E-state index in [9.17, 15) is 0 Å². The number of hydrogen-bond donors (Lipinski definition) is 1. The van der Waals surface area contributed by atoms with Gasteiger partial charge in [0, 0.05) is 18.8 Å². The number of aromatic nitrogens is 2. The maximum Gasteiger partial charge on any atom is 0.150 e. The summed E-state index contributed by atoms with van der Waals surface area (Å²) >= 11 is 1.70. The van der Waals surface area contributed by atoms with Crippen LogP contribution in [0.2, 0.25) is 0 Å².